The van der Waals surface area contributed by atoms with Gasteiger partial charge in [0, 0.05) is 12.1 Å². The average Bonchev–Trinajstić information content (AvgIpc) is 3.06. The van der Waals surface area contributed by atoms with Crippen molar-refractivity contribution < 1.29 is 24.2 Å². The van der Waals surface area contributed by atoms with E-state index in [2.05, 4.69) is 5.32 Å². The highest BCUT2D eigenvalue weighted by atomic mass is 16.5. The molecule has 0 saturated carbocycles. The first-order chi connectivity index (χ1) is 15.9. The summed E-state index contributed by atoms with van der Waals surface area (Å²) in [5, 5.41) is 14.7. The Kier molecular flexibility index (Phi) is 6.07. The fraction of sp³-hybridized carbons (Fsp3) is 0.231. The molecule has 0 bridgehead atoms. The summed E-state index contributed by atoms with van der Waals surface area (Å²) in [6, 6.07) is 21.2. The van der Waals surface area contributed by atoms with E-state index < -0.39 is 17.5 Å². The highest BCUT2D eigenvalue weighted by Crippen LogP contribution is 2.44. The summed E-state index contributed by atoms with van der Waals surface area (Å²) in [7, 11) is 2.92. The zero-order valence-corrected chi connectivity index (χ0v) is 18.7. The van der Waals surface area contributed by atoms with E-state index in [0.29, 0.717) is 11.5 Å². The van der Waals surface area contributed by atoms with Gasteiger partial charge in [-0.1, -0.05) is 60.7 Å². The molecule has 0 radical (unpaired) electrons. The third-order valence-electron chi connectivity index (χ3n) is 5.91. The van der Waals surface area contributed by atoms with Gasteiger partial charge in [0.25, 0.3) is 11.8 Å². The molecule has 33 heavy (non-hydrogen) atoms. The van der Waals surface area contributed by atoms with E-state index >= 15 is 0 Å². The van der Waals surface area contributed by atoms with Gasteiger partial charge in [0.2, 0.25) is 5.72 Å². The Morgan fingerprint density at radius 3 is 2.18 bits per heavy atom. The zero-order chi connectivity index (χ0) is 23.6. The van der Waals surface area contributed by atoms with Crippen molar-refractivity contribution >= 4 is 11.8 Å². The van der Waals surface area contributed by atoms with Crippen LogP contribution in [-0.2, 0) is 17.1 Å². The van der Waals surface area contributed by atoms with Gasteiger partial charge in [0.1, 0.15) is 0 Å². The van der Waals surface area contributed by atoms with E-state index in [4.69, 9.17) is 9.47 Å². The molecule has 4 rings (SSSR count). The molecule has 7 nitrogen and oxygen atoms in total. The first-order valence-electron chi connectivity index (χ1n) is 10.6. The van der Waals surface area contributed by atoms with Gasteiger partial charge in [-0.2, -0.15) is 0 Å². The number of carbonyl (C=O) groups is 2. The number of nitrogens with one attached hydrogen (secondary N) is 1. The van der Waals surface area contributed by atoms with Gasteiger partial charge in [-0.15, -0.1) is 0 Å². The van der Waals surface area contributed by atoms with Crippen molar-refractivity contribution in [3.8, 4) is 11.5 Å². The second-order valence-corrected chi connectivity index (χ2v) is 7.91. The summed E-state index contributed by atoms with van der Waals surface area (Å²) in [5.41, 5.74) is -0.238. The third kappa shape index (κ3) is 3.91. The number of nitrogens with zero attached hydrogens (tertiary/aromatic N) is 1. The van der Waals surface area contributed by atoms with E-state index in [-0.39, 0.29) is 23.7 Å². The number of rotatable bonds is 7. The van der Waals surface area contributed by atoms with Crippen LogP contribution in [0.3, 0.4) is 0 Å². The van der Waals surface area contributed by atoms with E-state index in [1.165, 1.54) is 31.3 Å². The topological polar surface area (TPSA) is 88.1 Å². The fourth-order valence-electron chi connectivity index (χ4n) is 4.10. The van der Waals surface area contributed by atoms with Crippen LogP contribution in [0.5, 0.6) is 11.5 Å². The molecule has 1 heterocycles. The molecule has 2 N–H and O–H groups in total. The van der Waals surface area contributed by atoms with Crippen LogP contribution in [0.2, 0.25) is 0 Å². The van der Waals surface area contributed by atoms with Crippen LogP contribution >= 0.6 is 0 Å². The van der Waals surface area contributed by atoms with Crippen molar-refractivity contribution in [2.45, 2.75) is 25.2 Å². The monoisotopic (exact) mass is 446 g/mol. The molecule has 0 aliphatic carbocycles. The van der Waals surface area contributed by atoms with Crippen molar-refractivity contribution in [2.75, 3.05) is 14.2 Å². The molecule has 0 spiro atoms. The highest BCUT2D eigenvalue weighted by Gasteiger charge is 2.55. The highest BCUT2D eigenvalue weighted by molar-refractivity contribution is 6.06. The number of amides is 2. The minimum absolute atomic E-state index is 0.0443. The summed E-state index contributed by atoms with van der Waals surface area (Å²) in [6.45, 7) is 1.87. The predicted octanol–water partition coefficient (Wildman–Crippen LogP) is 3.38. The number of fused-ring (bicyclic) bond motifs is 1. The van der Waals surface area contributed by atoms with Crippen LogP contribution in [0.1, 0.15) is 40.0 Å². The SMILES string of the molecule is COc1cc2c(cc1OC)[C@](O)(C(=O)N[C@@H](C)c1ccccc1)N(Cc1ccccc1)C2=O. The van der Waals surface area contributed by atoms with Crippen LogP contribution < -0.4 is 14.8 Å². The zero-order valence-electron chi connectivity index (χ0n) is 18.7. The summed E-state index contributed by atoms with van der Waals surface area (Å²) >= 11 is 0. The number of aliphatic hydroxyl groups is 1. The fourth-order valence-corrected chi connectivity index (χ4v) is 4.10. The van der Waals surface area contributed by atoms with Crippen molar-refractivity contribution in [3.05, 3.63) is 95.1 Å². The van der Waals surface area contributed by atoms with Crippen LogP contribution in [0.25, 0.3) is 0 Å². The van der Waals surface area contributed by atoms with Crippen molar-refractivity contribution in [1.29, 1.82) is 0 Å². The van der Waals surface area contributed by atoms with Gasteiger partial charge in [0.05, 0.1) is 25.8 Å². The van der Waals surface area contributed by atoms with E-state index in [1.807, 2.05) is 67.6 Å². The van der Waals surface area contributed by atoms with Crippen molar-refractivity contribution in [1.82, 2.24) is 10.2 Å². The van der Waals surface area contributed by atoms with Gasteiger partial charge in [-0.3, -0.25) is 14.5 Å². The van der Waals surface area contributed by atoms with Crippen molar-refractivity contribution in [3.63, 3.8) is 0 Å². The Hall–Kier alpha value is -3.84. The normalized spacial score (nSPS) is 17.9. The third-order valence-corrected chi connectivity index (χ3v) is 5.91. The molecule has 2 atom stereocenters. The minimum atomic E-state index is -2.23. The van der Waals surface area contributed by atoms with Gasteiger partial charge >= 0.3 is 0 Å². The Labute approximate surface area is 192 Å². The number of ether oxygens (including phenoxy) is 2. The number of hydrogen-bond donors (Lipinski definition) is 2. The maximum absolute atomic E-state index is 13.6. The number of methoxy groups -OCH3 is 2. The van der Waals surface area contributed by atoms with Crippen LogP contribution in [0.15, 0.2) is 72.8 Å². The largest absolute Gasteiger partial charge is 0.493 e. The molecule has 0 unspecified atom stereocenters. The Bertz CT molecular complexity index is 1170. The lowest BCUT2D eigenvalue weighted by Gasteiger charge is -2.34. The first-order valence-corrected chi connectivity index (χ1v) is 10.6. The molecule has 3 aromatic carbocycles. The standard InChI is InChI=1S/C26H26N2O5/c1-17(19-12-8-5-9-13-19)27-25(30)26(31)21-15-23(33-3)22(32-2)14-20(21)24(29)28(26)16-18-10-6-4-7-11-18/h4-15,17,31H,16H2,1-3H3,(H,27,30)/t17-,26-/m0/s1. The summed E-state index contributed by atoms with van der Waals surface area (Å²) in [4.78, 5) is 28.2. The molecule has 3 aromatic rings. The van der Waals surface area contributed by atoms with E-state index in [1.54, 1.807) is 0 Å². The van der Waals surface area contributed by atoms with E-state index in [9.17, 15) is 14.7 Å². The Morgan fingerprint density at radius 1 is 1.00 bits per heavy atom. The molecule has 0 aromatic heterocycles. The lowest BCUT2D eigenvalue weighted by Crippen LogP contribution is -2.54. The molecule has 1 aliphatic rings. The van der Waals surface area contributed by atoms with Crippen LogP contribution in [0.4, 0.5) is 0 Å². The first kappa shape index (κ1) is 22.4. The molecule has 1 aliphatic heterocycles. The van der Waals surface area contributed by atoms with Gasteiger partial charge in [-0.05, 0) is 30.2 Å². The van der Waals surface area contributed by atoms with Crippen LogP contribution in [-0.4, -0.2) is 36.0 Å². The maximum Gasteiger partial charge on any atom is 0.278 e. The summed E-state index contributed by atoms with van der Waals surface area (Å²) < 4.78 is 10.7. The van der Waals surface area contributed by atoms with Crippen molar-refractivity contribution in [2.24, 2.45) is 0 Å². The Morgan fingerprint density at radius 2 is 1.58 bits per heavy atom. The molecular weight excluding hydrogens is 420 g/mol. The van der Waals surface area contributed by atoms with Gasteiger partial charge in [0.15, 0.2) is 11.5 Å². The lowest BCUT2D eigenvalue weighted by atomic mass is 9.98. The number of benzene rings is 3. The quantitative estimate of drug-likeness (QED) is 0.581. The summed E-state index contributed by atoms with van der Waals surface area (Å²) in [5.74, 6) is -0.520. The molecule has 2 amide bonds. The van der Waals surface area contributed by atoms with Gasteiger partial charge in [-0.25, -0.2) is 0 Å². The second kappa shape index (κ2) is 8.96. The van der Waals surface area contributed by atoms with Crippen LogP contribution in [0, 0.1) is 0 Å². The Balaban J connectivity index is 1.78. The molecular formula is C26H26N2O5. The second-order valence-electron chi connectivity index (χ2n) is 7.91. The van der Waals surface area contributed by atoms with Gasteiger partial charge < -0.3 is 19.9 Å². The van der Waals surface area contributed by atoms with E-state index in [0.717, 1.165) is 11.1 Å². The summed E-state index contributed by atoms with van der Waals surface area (Å²) in [6.07, 6.45) is 0. The smallest absolute Gasteiger partial charge is 0.278 e. The number of carbonyl (C=O) groups excluding carboxylic acids is 2. The molecule has 0 fully saturated rings. The molecule has 0 saturated heterocycles. The minimum Gasteiger partial charge on any atom is -0.493 e. The number of hydrogen-bond acceptors (Lipinski definition) is 5. The predicted molar refractivity (Wildman–Crippen MR) is 123 cm³/mol. The maximum atomic E-state index is 13.6. The molecule has 170 valence electrons. The lowest BCUT2D eigenvalue weighted by molar-refractivity contribution is -0.160. The average molecular weight is 447 g/mol. The molecule has 7 heteroatoms.